The van der Waals surface area contributed by atoms with E-state index in [1.165, 1.54) is 41.8 Å². The van der Waals surface area contributed by atoms with E-state index in [2.05, 4.69) is 25.0 Å². The maximum Gasteiger partial charge on any atom is 0.263 e. The van der Waals surface area contributed by atoms with Gasteiger partial charge in [-0.05, 0) is 49.4 Å². The molecule has 0 aliphatic rings. The van der Waals surface area contributed by atoms with Gasteiger partial charge in [0, 0.05) is 35.1 Å². The molecular weight excluding hydrogens is 453 g/mol. The lowest BCUT2D eigenvalue weighted by atomic mass is 10.1. The average Bonchev–Trinajstić information content (AvgIpc) is 3.27. The number of halogens is 1. The first-order valence-corrected chi connectivity index (χ1v) is 11.9. The molecule has 0 saturated heterocycles. The molecule has 0 fully saturated rings. The number of thiazole rings is 1. The zero-order chi connectivity index (χ0) is 22.6. The molecule has 2 aromatic carbocycles. The lowest BCUT2D eigenvalue weighted by Gasteiger charge is -2.11. The van der Waals surface area contributed by atoms with Crippen LogP contribution < -0.4 is 14.8 Å². The van der Waals surface area contributed by atoms with Crippen LogP contribution in [0.1, 0.15) is 6.92 Å². The number of anilines is 3. The number of hydrogen-bond acceptors (Lipinski definition) is 8. The fourth-order valence-electron chi connectivity index (χ4n) is 2.85. The highest BCUT2D eigenvalue weighted by atomic mass is 32.2. The smallest absolute Gasteiger partial charge is 0.263 e. The summed E-state index contributed by atoms with van der Waals surface area (Å²) < 4.78 is 46.5. The Labute approximate surface area is 188 Å². The first kappa shape index (κ1) is 21.7. The Morgan fingerprint density at radius 1 is 1.06 bits per heavy atom. The van der Waals surface area contributed by atoms with Crippen LogP contribution in [0.3, 0.4) is 0 Å². The van der Waals surface area contributed by atoms with E-state index in [9.17, 15) is 12.8 Å². The van der Waals surface area contributed by atoms with Gasteiger partial charge in [-0.2, -0.15) is 0 Å². The third-order valence-corrected chi connectivity index (χ3v) is 6.42. The normalized spacial score (nSPS) is 11.2. The Balaban J connectivity index is 1.53. The number of benzene rings is 2. The summed E-state index contributed by atoms with van der Waals surface area (Å²) in [5, 5.41) is 5.02. The van der Waals surface area contributed by atoms with Crippen LogP contribution in [0.15, 0.2) is 71.2 Å². The first-order chi connectivity index (χ1) is 15.4. The number of rotatable bonds is 8. The zero-order valence-electron chi connectivity index (χ0n) is 16.8. The Morgan fingerprint density at radius 3 is 2.59 bits per heavy atom. The molecule has 4 rings (SSSR count). The van der Waals surface area contributed by atoms with Crippen molar-refractivity contribution in [2.75, 3.05) is 16.6 Å². The van der Waals surface area contributed by atoms with Gasteiger partial charge < -0.3 is 10.1 Å². The van der Waals surface area contributed by atoms with Crippen LogP contribution in [0, 0.1) is 5.82 Å². The van der Waals surface area contributed by atoms with Crippen molar-refractivity contribution >= 4 is 38.1 Å². The number of nitrogens with zero attached hydrogens (tertiary/aromatic N) is 3. The topological polar surface area (TPSA) is 106 Å². The van der Waals surface area contributed by atoms with Crippen LogP contribution in [0.25, 0.3) is 11.3 Å². The number of hydrogen-bond donors (Lipinski definition) is 2. The van der Waals surface area contributed by atoms with Crippen molar-refractivity contribution < 1.29 is 17.5 Å². The molecule has 0 spiro atoms. The summed E-state index contributed by atoms with van der Waals surface area (Å²) in [6, 6.07) is 12.1. The second-order valence-corrected chi connectivity index (χ2v) is 9.01. The molecule has 0 aliphatic heterocycles. The highest BCUT2D eigenvalue weighted by Crippen LogP contribution is 2.30. The van der Waals surface area contributed by atoms with Gasteiger partial charge in [0.05, 0.1) is 17.2 Å². The molecule has 2 heterocycles. The summed E-state index contributed by atoms with van der Waals surface area (Å²) in [6.45, 7) is 2.21. The molecule has 0 saturated carbocycles. The van der Waals surface area contributed by atoms with E-state index < -0.39 is 15.8 Å². The van der Waals surface area contributed by atoms with Gasteiger partial charge >= 0.3 is 0 Å². The molecule has 0 aliphatic carbocycles. The van der Waals surface area contributed by atoms with Gasteiger partial charge in [-0.1, -0.05) is 0 Å². The molecule has 4 aromatic rings. The summed E-state index contributed by atoms with van der Waals surface area (Å²) in [5.41, 5.74) is 1.78. The Morgan fingerprint density at radius 2 is 1.88 bits per heavy atom. The summed E-state index contributed by atoms with van der Waals surface area (Å²) in [5.74, 6) is 0.286. The van der Waals surface area contributed by atoms with Crippen LogP contribution >= 0.6 is 11.3 Å². The summed E-state index contributed by atoms with van der Waals surface area (Å²) in [6.07, 6.45) is 3.09. The van der Waals surface area contributed by atoms with Gasteiger partial charge in [0.15, 0.2) is 5.13 Å². The predicted molar refractivity (Wildman–Crippen MR) is 121 cm³/mol. The maximum atomic E-state index is 13.6. The summed E-state index contributed by atoms with van der Waals surface area (Å²) in [4.78, 5) is 12.7. The minimum absolute atomic E-state index is 0.0978. The van der Waals surface area contributed by atoms with Crippen LogP contribution in [-0.2, 0) is 10.0 Å². The lowest BCUT2D eigenvalue weighted by molar-refractivity contribution is 0.339. The van der Waals surface area contributed by atoms with Crippen molar-refractivity contribution in [3.8, 4) is 17.0 Å². The van der Waals surface area contributed by atoms with Crippen molar-refractivity contribution in [2.45, 2.75) is 11.8 Å². The van der Waals surface area contributed by atoms with Gasteiger partial charge in [-0.25, -0.2) is 27.8 Å². The predicted octanol–water partition coefficient (Wildman–Crippen LogP) is 4.68. The molecule has 0 amide bonds. The molecule has 32 heavy (non-hydrogen) atoms. The molecule has 164 valence electrons. The summed E-state index contributed by atoms with van der Waals surface area (Å²) in [7, 11) is -3.74. The van der Waals surface area contributed by atoms with Crippen LogP contribution in [0.5, 0.6) is 5.75 Å². The Kier molecular flexibility index (Phi) is 6.28. The monoisotopic (exact) mass is 471 g/mol. The molecule has 2 N–H and O–H groups in total. The molecule has 0 bridgehead atoms. The van der Waals surface area contributed by atoms with Crippen molar-refractivity contribution in [3.05, 3.63) is 72.1 Å². The minimum atomic E-state index is -3.74. The van der Waals surface area contributed by atoms with Gasteiger partial charge in [0.25, 0.3) is 10.0 Å². The highest BCUT2D eigenvalue weighted by Gasteiger charge is 2.15. The second kappa shape index (κ2) is 9.28. The van der Waals surface area contributed by atoms with E-state index >= 15 is 0 Å². The number of aromatic nitrogens is 3. The van der Waals surface area contributed by atoms with Gasteiger partial charge in [0.2, 0.25) is 5.95 Å². The van der Waals surface area contributed by atoms with Crippen molar-refractivity contribution in [1.82, 2.24) is 15.0 Å². The van der Waals surface area contributed by atoms with Gasteiger partial charge in [0.1, 0.15) is 11.6 Å². The lowest BCUT2D eigenvalue weighted by Crippen LogP contribution is -2.12. The summed E-state index contributed by atoms with van der Waals surface area (Å²) >= 11 is 1.19. The maximum absolute atomic E-state index is 13.6. The molecule has 0 unspecified atom stereocenters. The van der Waals surface area contributed by atoms with E-state index in [-0.39, 0.29) is 4.90 Å². The highest BCUT2D eigenvalue weighted by molar-refractivity contribution is 7.93. The van der Waals surface area contributed by atoms with Crippen molar-refractivity contribution in [1.29, 1.82) is 0 Å². The average molecular weight is 472 g/mol. The minimum Gasteiger partial charge on any atom is -0.493 e. The van der Waals surface area contributed by atoms with Gasteiger partial charge in [-0.3, -0.25) is 4.72 Å². The number of ether oxygens (including phenoxy) is 1. The Bertz CT molecular complexity index is 1310. The molecule has 11 heteroatoms. The van der Waals surface area contributed by atoms with E-state index in [1.54, 1.807) is 35.8 Å². The Hall–Kier alpha value is -3.57. The molecule has 0 radical (unpaired) electrons. The van der Waals surface area contributed by atoms with E-state index in [0.717, 1.165) is 0 Å². The van der Waals surface area contributed by atoms with E-state index in [1.807, 2.05) is 6.92 Å². The second-order valence-electron chi connectivity index (χ2n) is 6.43. The van der Waals surface area contributed by atoms with Crippen LogP contribution in [0.4, 0.5) is 21.2 Å². The number of sulfonamides is 1. The first-order valence-electron chi connectivity index (χ1n) is 9.50. The molecule has 8 nitrogen and oxygen atoms in total. The van der Waals surface area contributed by atoms with Crippen LogP contribution in [0.2, 0.25) is 0 Å². The molecular formula is C21H18FN5O3S2. The quantitative estimate of drug-likeness (QED) is 0.384. The molecule has 0 atom stereocenters. The van der Waals surface area contributed by atoms with Crippen LogP contribution in [-0.4, -0.2) is 30.0 Å². The van der Waals surface area contributed by atoms with Crippen molar-refractivity contribution in [3.63, 3.8) is 0 Å². The zero-order valence-corrected chi connectivity index (χ0v) is 18.5. The van der Waals surface area contributed by atoms with E-state index in [4.69, 9.17) is 4.74 Å². The SMILES string of the molecule is CCOc1cc(F)ccc1-c1ccnc(Nc2ccc(S(=O)(=O)Nc3nccs3)cc2)n1. The standard InChI is InChI=1S/C21H18FN5O3S2/c1-2-30-19-13-14(22)3-8-17(19)18-9-10-23-20(26-18)25-15-4-6-16(7-5-15)32(28,29)27-21-24-11-12-31-21/h3-13H,2H2,1H3,(H,24,27)(H,23,25,26). The largest absolute Gasteiger partial charge is 0.493 e. The van der Waals surface area contributed by atoms with E-state index in [0.29, 0.717) is 40.4 Å². The third-order valence-electron chi connectivity index (χ3n) is 4.25. The van der Waals surface area contributed by atoms with Crippen molar-refractivity contribution in [2.24, 2.45) is 0 Å². The fourth-order valence-corrected chi connectivity index (χ4v) is 4.63. The third kappa shape index (κ3) is 5.01. The number of nitrogens with one attached hydrogen (secondary N) is 2. The van der Waals surface area contributed by atoms with Gasteiger partial charge in [-0.15, -0.1) is 11.3 Å². The molecule has 2 aromatic heterocycles. The fraction of sp³-hybridized carbons (Fsp3) is 0.0952.